The molecule has 0 N–H and O–H groups in total. The van der Waals surface area contributed by atoms with Gasteiger partial charge in [0.15, 0.2) is 0 Å². The Bertz CT molecular complexity index is 38.6. The van der Waals surface area contributed by atoms with Crippen molar-refractivity contribution in [3.05, 3.63) is 0 Å². The first-order valence-corrected chi connectivity index (χ1v) is 3.33. The van der Waals surface area contributed by atoms with Gasteiger partial charge in [-0.25, -0.2) is 0 Å². The molecule has 0 radical (unpaired) electrons. The van der Waals surface area contributed by atoms with Crippen LogP contribution in [0.15, 0.2) is 0 Å². The van der Waals surface area contributed by atoms with Gasteiger partial charge in [-0.3, -0.25) is 0 Å². The Morgan fingerprint density at radius 1 is 2.00 bits per heavy atom. The molecule has 0 nitrogen and oxygen atoms in total. The molecule has 4 heteroatoms. The minimum atomic E-state index is -1.41. The summed E-state index contributed by atoms with van der Waals surface area (Å²) >= 11 is 4.20. The summed E-state index contributed by atoms with van der Waals surface area (Å²) in [6.07, 6.45) is 0. The zero-order valence-corrected chi connectivity index (χ0v) is 4.52. The van der Waals surface area contributed by atoms with Gasteiger partial charge in [0.05, 0.1) is 0 Å². The van der Waals surface area contributed by atoms with Gasteiger partial charge in [0.2, 0.25) is 0 Å². The summed E-state index contributed by atoms with van der Waals surface area (Å²) in [7, 11) is -1.41. The second-order valence-electron chi connectivity index (χ2n) is 0.630. The second-order valence-corrected chi connectivity index (χ2v) is 2.52. The summed E-state index contributed by atoms with van der Waals surface area (Å²) in [5.41, 5.74) is 0. The van der Waals surface area contributed by atoms with Crippen LogP contribution in [0.4, 0.5) is 4.20 Å². The molecule has 0 aromatic rings. The predicted molar refractivity (Wildman–Crippen MR) is 27.3 cm³/mol. The summed E-state index contributed by atoms with van der Waals surface area (Å²) < 4.78 is 11.3. The van der Waals surface area contributed by atoms with Crippen LogP contribution >= 0.6 is 20.2 Å². The Balaban J connectivity index is 2.83. The van der Waals surface area contributed by atoms with E-state index in [0.29, 0.717) is 0 Å². The van der Waals surface area contributed by atoms with Gasteiger partial charge in [0, 0.05) is 0 Å². The molecule has 0 bridgehead atoms. The van der Waals surface area contributed by atoms with Crippen molar-refractivity contribution in [2.75, 3.05) is 6.66 Å². The summed E-state index contributed by atoms with van der Waals surface area (Å²) in [4.78, 5) is 0. The molecule has 0 aliphatic rings. The fraction of sp³-hybridized carbons (Fsp3) is 1.00. The zero-order valence-electron chi connectivity index (χ0n) is 2.81. The topological polar surface area (TPSA) is 0 Å². The van der Waals surface area contributed by atoms with E-state index in [1.165, 1.54) is 6.66 Å². The Hall–Kier alpha value is 0.645. The van der Waals surface area contributed by atoms with E-state index < -0.39 is 8.11 Å². The second kappa shape index (κ2) is 2.86. The maximum absolute atomic E-state index is 11.3. The average Bonchev–Trinajstić information content (AvgIpc) is 1.38. The van der Waals surface area contributed by atoms with E-state index in [1.807, 2.05) is 0 Å². The van der Waals surface area contributed by atoms with Crippen molar-refractivity contribution in [2.45, 2.75) is 0 Å². The first-order chi connectivity index (χ1) is 2.27. The van der Waals surface area contributed by atoms with Crippen molar-refractivity contribution in [3.8, 4) is 0 Å². The number of rotatable bonds is 1. The Morgan fingerprint density at radius 3 is 2.20 bits per heavy atom. The molecule has 1 atom stereocenters. The van der Waals surface area contributed by atoms with Crippen molar-refractivity contribution >= 4 is 26.0 Å². The van der Waals surface area contributed by atoms with E-state index in [-0.39, 0.29) is 0 Å². The number of hydrogen-bond donors (Lipinski definition) is 0. The van der Waals surface area contributed by atoms with Crippen molar-refractivity contribution < 1.29 is 4.20 Å². The van der Waals surface area contributed by atoms with Crippen LogP contribution in [0.3, 0.4) is 0 Å². The van der Waals surface area contributed by atoms with Gasteiger partial charge in [0.25, 0.3) is 0 Å². The van der Waals surface area contributed by atoms with Gasteiger partial charge < -0.3 is 0 Å². The van der Waals surface area contributed by atoms with Crippen molar-refractivity contribution in [1.29, 1.82) is 0 Å². The molecule has 0 aromatic carbocycles. The predicted octanol–water partition coefficient (Wildman–Crippen LogP) is 1.71. The van der Waals surface area contributed by atoms with E-state index in [9.17, 15) is 4.20 Å². The molecular weight excluding hydrogens is 105 g/mol. The average molecular weight is 108 g/mol. The third-order valence-corrected chi connectivity index (χ3v) is 1.31. The van der Waals surface area contributed by atoms with E-state index >= 15 is 0 Å². The fourth-order valence-corrected chi connectivity index (χ4v) is 0. The Kier molecular flexibility index (Phi) is 3.23. The quantitative estimate of drug-likeness (QED) is 0.364. The monoisotopic (exact) mass is 108 g/mol. The molecule has 0 amide bonds. The van der Waals surface area contributed by atoms with Gasteiger partial charge in [-0.05, 0) is 0 Å². The maximum atomic E-state index is 11.3. The standard InChI is InChI=1S/CH3BFPS/c1-4(3)2-5/h1H3. The van der Waals surface area contributed by atoms with Crippen LogP contribution in [0, 0.1) is 0 Å². The van der Waals surface area contributed by atoms with Gasteiger partial charge in [-0.2, -0.15) is 0 Å². The minimum absolute atomic E-state index is 1.15. The molecule has 0 spiro atoms. The van der Waals surface area contributed by atoms with E-state index in [0.717, 1.165) is 5.87 Å². The molecule has 5 heavy (non-hydrogen) atoms. The number of hydrogen-bond acceptors (Lipinski definition) is 1. The molecule has 0 rings (SSSR count). The Labute approximate surface area is 37.7 Å². The molecule has 28 valence electrons. The molecule has 0 aromatic heterocycles. The zero-order chi connectivity index (χ0) is 4.28. The first-order valence-electron chi connectivity index (χ1n) is 1.11. The molecule has 0 heterocycles. The summed E-state index contributed by atoms with van der Waals surface area (Å²) in [5.74, 6) is 1.15. The van der Waals surface area contributed by atoms with Crippen LogP contribution in [0.25, 0.3) is 0 Å². The van der Waals surface area contributed by atoms with Gasteiger partial charge in [-0.1, -0.05) is 0 Å². The summed E-state index contributed by atoms with van der Waals surface area (Å²) in [5, 5.41) is 0. The third kappa shape index (κ3) is 4.64. The van der Waals surface area contributed by atoms with Crippen LogP contribution in [0.5, 0.6) is 0 Å². The van der Waals surface area contributed by atoms with Crippen LogP contribution in [0.1, 0.15) is 0 Å². The number of halogens is 1. The molecule has 0 saturated heterocycles. The van der Waals surface area contributed by atoms with Crippen LogP contribution in [-0.4, -0.2) is 12.5 Å². The fourth-order valence-electron chi connectivity index (χ4n) is 0. The summed E-state index contributed by atoms with van der Waals surface area (Å²) in [6.45, 7) is 1.46. The normalized spacial score (nSPS) is 13.2. The van der Waals surface area contributed by atoms with Crippen LogP contribution < -0.4 is 0 Å². The van der Waals surface area contributed by atoms with Crippen molar-refractivity contribution in [1.82, 2.24) is 0 Å². The van der Waals surface area contributed by atoms with Gasteiger partial charge in [0.1, 0.15) is 0 Å². The molecule has 1 unspecified atom stereocenters. The molecule has 0 saturated carbocycles. The molecule has 0 aliphatic carbocycles. The van der Waals surface area contributed by atoms with E-state index in [2.05, 4.69) is 12.1 Å². The van der Waals surface area contributed by atoms with Gasteiger partial charge in [-0.15, -0.1) is 0 Å². The summed E-state index contributed by atoms with van der Waals surface area (Å²) in [6, 6.07) is 0. The first kappa shape index (κ1) is 5.64. The Morgan fingerprint density at radius 2 is 2.20 bits per heavy atom. The molecule has 0 fully saturated rings. The van der Waals surface area contributed by atoms with Crippen LogP contribution in [-0.2, 0) is 0 Å². The van der Waals surface area contributed by atoms with Gasteiger partial charge >= 0.3 is 36.9 Å². The van der Waals surface area contributed by atoms with Crippen molar-refractivity contribution in [2.24, 2.45) is 0 Å². The third-order valence-electron chi connectivity index (χ3n) is 0.145. The molecule has 0 aliphatic heterocycles. The van der Waals surface area contributed by atoms with E-state index in [4.69, 9.17) is 0 Å². The van der Waals surface area contributed by atoms with Crippen LogP contribution in [0.2, 0.25) is 0 Å². The SMILES string of the molecule is CP(F)B=S. The van der Waals surface area contributed by atoms with E-state index in [1.54, 1.807) is 0 Å². The molecular formula is CH3BFPS. The van der Waals surface area contributed by atoms with Crippen molar-refractivity contribution in [3.63, 3.8) is 0 Å².